The minimum atomic E-state index is -0.896. The molecule has 10 heteroatoms. The van der Waals surface area contributed by atoms with Gasteiger partial charge in [0.05, 0.1) is 7.05 Å². The first kappa shape index (κ1) is 8.83. The van der Waals surface area contributed by atoms with E-state index >= 15 is 0 Å². The van der Waals surface area contributed by atoms with E-state index in [9.17, 15) is 15.3 Å². The Morgan fingerprint density at radius 3 is 2.77 bits per heavy atom. The zero-order valence-corrected chi connectivity index (χ0v) is 6.37. The molecule has 0 atom stereocenters. The number of rotatable bonds is 3. The largest absolute Gasteiger partial charge is 0.691 e. The maximum Gasteiger partial charge on any atom is 0.448 e. The zero-order chi connectivity index (χ0) is 9.84. The minimum absolute atomic E-state index is 0.0440. The number of nitro groups is 1. The Labute approximate surface area is 70.5 Å². The predicted molar refractivity (Wildman–Crippen MR) is 36.6 cm³/mol. The van der Waals surface area contributed by atoms with Crippen molar-refractivity contribution >= 4 is 11.6 Å². The highest BCUT2D eigenvalue weighted by molar-refractivity contribution is 5.46. The van der Waals surface area contributed by atoms with Crippen molar-refractivity contribution in [2.75, 3.05) is 12.5 Å². The number of aromatic nitrogens is 2. The van der Waals surface area contributed by atoms with Crippen LogP contribution in [0.3, 0.4) is 0 Å². The summed E-state index contributed by atoms with van der Waals surface area (Å²) < 4.78 is 4.10. The second-order valence-electron chi connectivity index (χ2n) is 1.78. The molecule has 1 rings (SSSR count). The average molecular weight is 188 g/mol. The molecule has 1 N–H and O–H groups in total. The molecule has 0 fully saturated rings. The molecule has 0 aliphatic rings. The third kappa shape index (κ3) is 1.85. The maximum atomic E-state index is 10.8. The van der Waals surface area contributed by atoms with Crippen molar-refractivity contribution in [2.45, 2.75) is 0 Å². The van der Waals surface area contributed by atoms with Crippen LogP contribution in [0.1, 0.15) is 0 Å². The molecule has 0 spiro atoms. The first-order chi connectivity index (χ1) is 6.15. The van der Waals surface area contributed by atoms with E-state index in [1.165, 1.54) is 7.05 Å². The minimum Gasteiger partial charge on any atom is -0.691 e. The monoisotopic (exact) mass is 188 g/mol. The second kappa shape index (κ2) is 3.42. The SMILES string of the molecule is CN=[N+]([O-])c1nonc1N[N+](=O)[O-]. The molecule has 0 saturated carbocycles. The summed E-state index contributed by atoms with van der Waals surface area (Å²) in [6.45, 7) is 0. The molecule has 0 aliphatic heterocycles. The first-order valence-electron chi connectivity index (χ1n) is 2.95. The summed E-state index contributed by atoms with van der Waals surface area (Å²) >= 11 is 0. The van der Waals surface area contributed by atoms with Gasteiger partial charge in [0.1, 0.15) is 0 Å². The Balaban J connectivity index is 2.96. The molecule has 10 nitrogen and oxygen atoms in total. The summed E-state index contributed by atoms with van der Waals surface area (Å²) in [6, 6.07) is 0. The van der Waals surface area contributed by atoms with Gasteiger partial charge >= 0.3 is 11.6 Å². The van der Waals surface area contributed by atoms with Crippen molar-refractivity contribution in [3.63, 3.8) is 0 Å². The molecule has 0 unspecified atom stereocenters. The number of hydrazine groups is 1. The van der Waals surface area contributed by atoms with Crippen LogP contribution in [0.15, 0.2) is 9.74 Å². The molecular weight excluding hydrogens is 184 g/mol. The van der Waals surface area contributed by atoms with Crippen LogP contribution in [0.5, 0.6) is 0 Å². The molecule has 70 valence electrons. The molecule has 1 heterocycles. The Hall–Kier alpha value is -2.26. The van der Waals surface area contributed by atoms with E-state index in [4.69, 9.17) is 0 Å². The van der Waals surface area contributed by atoms with Crippen molar-refractivity contribution in [1.29, 1.82) is 0 Å². The van der Waals surface area contributed by atoms with Gasteiger partial charge in [-0.1, -0.05) is 5.43 Å². The highest BCUT2D eigenvalue weighted by Crippen LogP contribution is 2.17. The fraction of sp³-hybridized carbons (Fsp3) is 0.333. The van der Waals surface area contributed by atoms with Crippen molar-refractivity contribution in [1.82, 2.24) is 10.3 Å². The van der Waals surface area contributed by atoms with Gasteiger partial charge in [0.15, 0.2) is 10.2 Å². The zero-order valence-electron chi connectivity index (χ0n) is 6.37. The Morgan fingerprint density at radius 1 is 1.54 bits per heavy atom. The molecule has 1 aromatic rings. The molecule has 0 radical (unpaired) electrons. The van der Waals surface area contributed by atoms with E-state index in [0.29, 0.717) is 0 Å². The lowest BCUT2D eigenvalue weighted by Crippen LogP contribution is -2.09. The van der Waals surface area contributed by atoms with E-state index in [1.807, 2.05) is 0 Å². The number of hydrogen-bond acceptors (Lipinski definition) is 7. The number of anilines is 1. The topological polar surface area (TPSA) is 133 Å². The van der Waals surface area contributed by atoms with Crippen molar-refractivity contribution in [3.8, 4) is 0 Å². The van der Waals surface area contributed by atoms with E-state index in [0.717, 1.165) is 0 Å². The quantitative estimate of drug-likeness (QED) is 0.303. The average Bonchev–Trinajstić information content (AvgIpc) is 2.50. The number of nitrogens with one attached hydrogen (secondary N) is 1. The van der Waals surface area contributed by atoms with Gasteiger partial charge in [-0.05, 0) is 0 Å². The summed E-state index contributed by atoms with van der Waals surface area (Å²) in [5.74, 6) is -0.801. The van der Waals surface area contributed by atoms with Crippen LogP contribution in [0.2, 0.25) is 0 Å². The van der Waals surface area contributed by atoms with Crippen LogP contribution in [-0.4, -0.2) is 27.3 Å². The first-order valence-corrected chi connectivity index (χ1v) is 2.95. The molecular formula is C3H4N6O4. The predicted octanol–water partition coefficient (Wildman–Crippen LogP) is -0.103. The highest BCUT2D eigenvalue weighted by atomic mass is 16.7. The van der Waals surface area contributed by atoms with Gasteiger partial charge in [0.25, 0.3) is 0 Å². The van der Waals surface area contributed by atoms with Gasteiger partial charge in [-0.2, -0.15) is 0 Å². The second-order valence-corrected chi connectivity index (χ2v) is 1.78. The molecule has 0 aromatic carbocycles. The third-order valence-corrected chi connectivity index (χ3v) is 1.03. The van der Waals surface area contributed by atoms with Crippen LogP contribution >= 0.6 is 0 Å². The van der Waals surface area contributed by atoms with Gasteiger partial charge in [-0.15, -0.1) is 14.6 Å². The summed E-state index contributed by atoms with van der Waals surface area (Å²) in [5, 5.41) is 29.2. The normalized spacial score (nSPS) is 11.3. The van der Waals surface area contributed by atoms with Crippen molar-refractivity contribution in [3.05, 3.63) is 15.3 Å². The smallest absolute Gasteiger partial charge is 0.448 e. The van der Waals surface area contributed by atoms with E-state index < -0.39 is 16.7 Å². The van der Waals surface area contributed by atoms with Gasteiger partial charge < -0.3 is 5.21 Å². The van der Waals surface area contributed by atoms with Crippen LogP contribution in [0.4, 0.5) is 11.6 Å². The standard InChI is InChI=1S/C3H4N6O4/c1-4-8(10)3-2(5-9(11)12)6-13-7-3/h1H3,(H,5,6). The van der Waals surface area contributed by atoms with Gasteiger partial charge in [0.2, 0.25) is 0 Å². The molecule has 0 aliphatic carbocycles. The molecule has 0 saturated heterocycles. The lowest BCUT2D eigenvalue weighted by molar-refractivity contribution is -0.456. The Kier molecular flexibility index (Phi) is 2.33. The third-order valence-electron chi connectivity index (χ3n) is 1.03. The summed E-state index contributed by atoms with van der Waals surface area (Å²) in [7, 11) is 1.19. The van der Waals surface area contributed by atoms with Gasteiger partial charge in [0, 0.05) is 5.16 Å². The van der Waals surface area contributed by atoms with Gasteiger partial charge in [-0.25, -0.2) is 10.1 Å². The Bertz CT molecular complexity index is 343. The molecule has 0 amide bonds. The number of hydrogen-bond donors (Lipinski definition) is 1. The number of nitrogens with zero attached hydrogens (tertiary/aromatic N) is 5. The maximum absolute atomic E-state index is 10.8. The Morgan fingerprint density at radius 2 is 2.23 bits per heavy atom. The molecule has 0 bridgehead atoms. The molecule has 1 aromatic heterocycles. The van der Waals surface area contributed by atoms with E-state index in [2.05, 4.69) is 20.1 Å². The number of azo groups is 1. The van der Waals surface area contributed by atoms with E-state index in [1.54, 1.807) is 5.43 Å². The lowest BCUT2D eigenvalue weighted by atomic mass is 10.7. The van der Waals surface area contributed by atoms with Crippen LogP contribution < -0.4 is 5.43 Å². The van der Waals surface area contributed by atoms with Gasteiger partial charge in [-0.3, -0.25) is 0 Å². The van der Waals surface area contributed by atoms with Crippen LogP contribution in [-0.2, 0) is 0 Å². The van der Waals surface area contributed by atoms with E-state index in [-0.39, 0.29) is 4.86 Å². The van der Waals surface area contributed by atoms with Crippen LogP contribution in [0.25, 0.3) is 0 Å². The summed E-state index contributed by atoms with van der Waals surface area (Å²) in [5.41, 5.74) is 1.62. The van der Waals surface area contributed by atoms with Crippen molar-refractivity contribution in [2.24, 2.45) is 5.11 Å². The fourth-order valence-corrected chi connectivity index (χ4v) is 0.561. The highest BCUT2D eigenvalue weighted by Gasteiger charge is 2.24. The summed E-state index contributed by atoms with van der Waals surface area (Å²) in [4.78, 5) is 10.0. The summed E-state index contributed by atoms with van der Waals surface area (Å²) in [6.07, 6.45) is 0. The molecule has 13 heavy (non-hydrogen) atoms. The fourth-order valence-electron chi connectivity index (χ4n) is 0.561. The van der Waals surface area contributed by atoms with Crippen molar-refractivity contribution < 1.29 is 14.5 Å². The lowest BCUT2D eigenvalue weighted by Gasteiger charge is -1.96. The van der Waals surface area contributed by atoms with Crippen LogP contribution in [0, 0.1) is 15.3 Å².